The van der Waals surface area contributed by atoms with Gasteiger partial charge in [0.2, 0.25) is 5.91 Å². The number of carbonyl (C=O) groups is 1. The van der Waals surface area contributed by atoms with Gasteiger partial charge in [-0.05, 0) is 18.9 Å². The van der Waals surface area contributed by atoms with Gasteiger partial charge in [-0.25, -0.2) is 13.2 Å². The van der Waals surface area contributed by atoms with Crippen LogP contribution in [0.1, 0.15) is 54.5 Å². The average Bonchev–Trinajstić information content (AvgIpc) is 2.87. The van der Waals surface area contributed by atoms with Gasteiger partial charge in [-0.3, -0.25) is 19.4 Å². The second-order valence-corrected chi connectivity index (χ2v) is 7.96. The Bertz CT molecular complexity index is 950. The Hall–Kier alpha value is -2.16. The molecule has 1 fully saturated rings. The van der Waals surface area contributed by atoms with E-state index >= 15 is 0 Å². The second kappa shape index (κ2) is 7.10. The van der Waals surface area contributed by atoms with Crippen LogP contribution in [0.25, 0.3) is 0 Å². The summed E-state index contributed by atoms with van der Waals surface area (Å²) in [5, 5.41) is 4.58. The smallest absolute Gasteiger partial charge is 0.270 e. The largest absolute Gasteiger partial charge is 0.310 e. The number of nitrogens with one attached hydrogen (secondary N) is 2. The van der Waals surface area contributed by atoms with E-state index in [-0.39, 0.29) is 28.8 Å². The third kappa shape index (κ3) is 3.18. The van der Waals surface area contributed by atoms with Crippen molar-refractivity contribution in [1.29, 1.82) is 0 Å². The molecular formula is C18H18F3N3O2S. The van der Waals surface area contributed by atoms with Crippen LogP contribution in [-0.4, -0.2) is 21.4 Å². The van der Waals surface area contributed by atoms with Gasteiger partial charge in [0.05, 0.1) is 22.6 Å². The maximum absolute atomic E-state index is 14.4. The fourth-order valence-electron chi connectivity index (χ4n) is 3.85. The maximum Gasteiger partial charge on any atom is 0.270 e. The number of carbonyl (C=O) groups excluding carboxylic acids is 1. The molecule has 0 bridgehead atoms. The van der Waals surface area contributed by atoms with E-state index in [0.29, 0.717) is 5.82 Å². The Morgan fingerprint density at radius 2 is 1.78 bits per heavy atom. The second-order valence-electron chi connectivity index (χ2n) is 6.87. The molecule has 2 aliphatic rings. The van der Waals surface area contributed by atoms with E-state index < -0.39 is 28.3 Å². The van der Waals surface area contributed by atoms with Crippen molar-refractivity contribution in [3.8, 4) is 0 Å². The molecule has 0 spiro atoms. The number of aromatic nitrogens is 2. The van der Waals surface area contributed by atoms with Crippen LogP contribution >= 0.6 is 11.8 Å². The molecule has 0 unspecified atom stereocenters. The summed E-state index contributed by atoms with van der Waals surface area (Å²) in [7, 11) is 0. The molecule has 5 nitrogen and oxygen atoms in total. The number of benzene rings is 1. The van der Waals surface area contributed by atoms with E-state index in [1.165, 1.54) is 0 Å². The highest BCUT2D eigenvalue weighted by Gasteiger charge is 2.34. The lowest BCUT2D eigenvalue weighted by Crippen LogP contribution is -2.21. The van der Waals surface area contributed by atoms with E-state index in [2.05, 4.69) is 10.4 Å². The minimum absolute atomic E-state index is 0.0259. The van der Waals surface area contributed by atoms with E-state index in [0.717, 1.165) is 56.0 Å². The molecule has 1 atom stereocenters. The zero-order chi connectivity index (χ0) is 19.1. The van der Waals surface area contributed by atoms with Gasteiger partial charge in [0.25, 0.3) is 5.56 Å². The maximum atomic E-state index is 14.4. The number of anilines is 1. The summed E-state index contributed by atoms with van der Waals surface area (Å²) < 4.78 is 43.2. The lowest BCUT2D eigenvalue weighted by atomic mass is 9.95. The molecule has 144 valence electrons. The van der Waals surface area contributed by atoms with Gasteiger partial charge in [-0.2, -0.15) is 0 Å². The van der Waals surface area contributed by atoms with Crippen molar-refractivity contribution in [3.63, 3.8) is 0 Å². The van der Waals surface area contributed by atoms with Crippen LogP contribution in [0, 0.1) is 17.5 Å². The number of rotatable bonds is 2. The zero-order valence-corrected chi connectivity index (χ0v) is 15.2. The molecule has 1 aliphatic carbocycles. The number of aromatic amines is 1. The fraction of sp³-hybridized carbons (Fsp3) is 0.444. The molecule has 1 saturated carbocycles. The van der Waals surface area contributed by atoms with Crippen molar-refractivity contribution in [2.24, 2.45) is 0 Å². The average molecular weight is 397 g/mol. The van der Waals surface area contributed by atoms with E-state index in [4.69, 9.17) is 0 Å². The number of hydrogen-bond donors (Lipinski definition) is 2. The topological polar surface area (TPSA) is 66.9 Å². The Labute approximate surface area is 157 Å². The van der Waals surface area contributed by atoms with Crippen LogP contribution in [0.3, 0.4) is 0 Å². The van der Waals surface area contributed by atoms with Gasteiger partial charge in [-0.15, -0.1) is 11.8 Å². The predicted octanol–water partition coefficient (Wildman–Crippen LogP) is 3.87. The Kier molecular flexibility index (Phi) is 4.79. The molecule has 0 radical (unpaired) electrons. The SMILES string of the molecule is O=C1CS[C@@H](c2ccc(F)c(F)c2F)c2c(n(C3CCCCC3)[nH]c2=O)N1. The monoisotopic (exact) mass is 397 g/mol. The molecule has 1 aliphatic heterocycles. The third-order valence-corrected chi connectivity index (χ3v) is 6.40. The van der Waals surface area contributed by atoms with Crippen LogP contribution in [-0.2, 0) is 4.79 Å². The number of fused-ring (bicyclic) bond motifs is 1. The quantitative estimate of drug-likeness (QED) is 0.756. The molecule has 2 aromatic rings. The zero-order valence-electron chi connectivity index (χ0n) is 14.4. The van der Waals surface area contributed by atoms with E-state index in [1.807, 2.05) is 0 Å². The molecule has 9 heteroatoms. The first-order chi connectivity index (χ1) is 13.0. The number of amides is 1. The Balaban J connectivity index is 1.86. The van der Waals surface area contributed by atoms with Gasteiger partial charge in [-0.1, -0.05) is 25.3 Å². The van der Waals surface area contributed by atoms with E-state index in [9.17, 15) is 22.8 Å². The molecule has 2 heterocycles. The number of thioether (sulfide) groups is 1. The number of H-pyrrole nitrogens is 1. The molecule has 4 rings (SSSR count). The molecular weight excluding hydrogens is 379 g/mol. The molecule has 1 aromatic carbocycles. The lowest BCUT2D eigenvalue weighted by Gasteiger charge is -2.24. The first kappa shape index (κ1) is 18.2. The third-order valence-electron chi connectivity index (χ3n) is 5.15. The van der Waals surface area contributed by atoms with Crippen molar-refractivity contribution < 1.29 is 18.0 Å². The van der Waals surface area contributed by atoms with E-state index in [1.54, 1.807) is 4.68 Å². The summed E-state index contributed by atoms with van der Waals surface area (Å²) in [6.07, 6.45) is 4.89. The van der Waals surface area contributed by atoms with Gasteiger partial charge >= 0.3 is 0 Å². The fourth-order valence-corrected chi connectivity index (χ4v) is 4.98. The van der Waals surface area contributed by atoms with Crippen LogP contribution in [0.5, 0.6) is 0 Å². The molecule has 1 amide bonds. The van der Waals surface area contributed by atoms with Crippen LogP contribution in [0.15, 0.2) is 16.9 Å². The van der Waals surface area contributed by atoms with Crippen molar-refractivity contribution in [2.75, 3.05) is 11.1 Å². The van der Waals surface area contributed by atoms with Gasteiger partial charge in [0, 0.05) is 5.56 Å². The summed E-state index contributed by atoms with van der Waals surface area (Å²) >= 11 is 1.02. The lowest BCUT2D eigenvalue weighted by molar-refractivity contribution is -0.113. The standard InChI is InChI=1S/C18H18F3N3O2S/c19-11-7-6-10(14(20)15(11)21)16-13-17(22-12(25)8-27-16)24(23-18(13)26)9-4-2-1-3-5-9/h6-7,9,16H,1-5,8H2,(H,22,25)(H,23,26)/t16-/m0/s1. The van der Waals surface area contributed by atoms with Crippen molar-refractivity contribution in [3.05, 3.63) is 51.1 Å². The minimum Gasteiger partial charge on any atom is -0.310 e. The van der Waals surface area contributed by atoms with Crippen molar-refractivity contribution in [2.45, 2.75) is 43.4 Å². The predicted molar refractivity (Wildman–Crippen MR) is 96.4 cm³/mol. The highest BCUT2D eigenvalue weighted by Crippen LogP contribution is 2.42. The molecule has 0 saturated heterocycles. The van der Waals surface area contributed by atoms with Crippen LogP contribution in [0.2, 0.25) is 0 Å². The Morgan fingerprint density at radius 3 is 2.52 bits per heavy atom. The minimum atomic E-state index is -1.58. The summed E-state index contributed by atoms with van der Waals surface area (Å²) in [4.78, 5) is 24.9. The van der Waals surface area contributed by atoms with Crippen LogP contribution in [0.4, 0.5) is 19.0 Å². The summed E-state index contributed by atoms with van der Waals surface area (Å²) in [6.45, 7) is 0. The summed E-state index contributed by atoms with van der Waals surface area (Å²) in [5.41, 5.74) is -0.440. The van der Waals surface area contributed by atoms with Gasteiger partial charge in [0.15, 0.2) is 17.5 Å². The normalized spacial score (nSPS) is 20.9. The van der Waals surface area contributed by atoms with Crippen molar-refractivity contribution in [1.82, 2.24) is 9.78 Å². The van der Waals surface area contributed by atoms with Crippen LogP contribution < -0.4 is 10.9 Å². The van der Waals surface area contributed by atoms with Crippen molar-refractivity contribution >= 4 is 23.5 Å². The number of nitrogens with zero attached hydrogens (tertiary/aromatic N) is 1. The highest BCUT2D eigenvalue weighted by molar-refractivity contribution is 8.00. The molecule has 27 heavy (non-hydrogen) atoms. The first-order valence-electron chi connectivity index (χ1n) is 8.86. The number of hydrogen-bond acceptors (Lipinski definition) is 3. The van der Waals surface area contributed by atoms with Gasteiger partial charge < -0.3 is 5.32 Å². The summed E-state index contributed by atoms with van der Waals surface area (Å²) in [5.74, 6) is -4.26. The summed E-state index contributed by atoms with van der Waals surface area (Å²) in [6, 6.07) is 2.00. The molecule has 2 N–H and O–H groups in total. The Morgan fingerprint density at radius 1 is 1.04 bits per heavy atom. The molecule has 1 aromatic heterocycles. The van der Waals surface area contributed by atoms with Gasteiger partial charge in [0.1, 0.15) is 5.82 Å². The number of halogens is 3. The highest BCUT2D eigenvalue weighted by atomic mass is 32.2. The first-order valence-corrected chi connectivity index (χ1v) is 9.91.